The molecule has 0 aliphatic heterocycles. The Balaban J connectivity index is 2.22. The molecule has 2 aromatic rings. The smallest absolute Gasteiger partial charge is 0.251 e. The van der Waals surface area contributed by atoms with E-state index >= 15 is 0 Å². The summed E-state index contributed by atoms with van der Waals surface area (Å²) >= 11 is 9.15. The Bertz CT molecular complexity index is 749. The van der Waals surface area contributed by atoms with Crippen LogP contribution in [0.5, 0.6) is 5.75 Å². The zero-order chi connectivity index (χ0) is 17.7. The van der Waals surface area contributed by atoms with E-state index in [2.05, 4.69) is 21.2 Å². The fourth-order valence-corrected chi connectivity index (χ4v) is 2.83. The second kappa shape index (κ2) is 8.17. The van der Waals surface area contributed by atoms with Crippen molar-refractivity contribution in [2.75, 3.05) is 7.11 Å². The first-order valence-corrected chi connectivity index (χ1v) is 8.17. The predicted octanol–water partition coefficient (Wildman–Crippen LogP) is 2.72. The minimum Gasteiger partial charge on any atom is -0.550 e. The van der Waals surface area contributed by atoms with Gasteiger partial charge >= 0.3 is 0 Å². The standard InChI is InChI=1S/C17H15BrClNO4/c1-24-15-7-4-11(8-13(15)18)17(23)20-14(9-16(21)22)10-2-5-12(19)6-3-10/h2-8,14H,9H2,1H3,(H,20,23)(H,21,22)/p-1/t14-/m0/s1. The summed E-state index contributed by atoms with van der Waals surface area (Å²) in [7, 11) is 1.52. The van der Waals surface area contributed by atoms with E-state index in [1.54, 1.807) is 42.5 Å². The number of benzene rings is 2. The van der Waals surface area contributed by atoms with Crippen molar-refractivity contribution in [2.45, 2.75) is 12.5 Å². The van der Waals surface area contributed by atoms with E-state index in [9.17, 15) is 14.7 Å². The fourth-order valence-electron chi connectivity index (χ4n) is 2.16. The number of ether oxygens (including phenoxy) is 1. The van der Waals surface area contributed by atoms with Gasteiger partial charge in [-0.05, 0) is 51.8 Å². The second-order valence-electron chi connectivity index (χ2n) is 5.00. The van der Waals surface area contributed by atoms with Gasteiger partial charge in [0.05, 0.1) is 17.6 Å². The first-order chi connectivity index (χ1) is 11.4. The number of amides is 1. The van der Waals surface area contributed by atoms with Crippen LogP contribution in [-0.2, 0) is 4.79 Å². The van der Waals surface area contributed by atoms with Gasteiger partial charge in [-0.3, -0.25) is 4.79 Å². The molecule has 126 valence electrons. The Morgan fingerprint density at radius 3 is 2.46 bits per heavy atom. The third-order valence-electron chi connectivity index (χ3n) is 3.36. The number of carbonyl (C=O) groups excluding carboxylic acids is 2. The number of hydrogen-bond donors (Lipinski definition) is 1. The Morgan fingerprint density at radius 1 is 1.25 bits per heavy atom. The molecule has 0 fully saturated rings. The number of hydrogen-bond acceptors (Lipinski definition) is 4. The van der Waals surface area contributed by atoms with E-state index in [0.29, 0.717) is 26.4 Å². The highest BCUT2D eigenvalue weighted by Gasteiger charge is 2.17. The number of rotatable bonds is 6. The zero-order valence-corrected chi connectivity index (χ0v) is 15.1. The molecule has 1 N–H and O–H groups in total. The Labute approximate surface area is 152 Å². The van der Waals surface area contributed by atoms with Crippen molar-refractivity contribution in [1.82, 2.24) is 5.32 Å². The Morgan fingerprint density at radius 2 is 1.92 bits per heavy atom. The molecular weight excluding hydrogens is 398 g/mol. The minimum absolute atomic E-state index is 0.343. The molecule has 0 aliphatic rings. The molecule has 0 aliphatic carbocycles. The summed E-state index contributed by atoms with van der Waals surface area (Å²) in [6, 6.07) is 10.7. The summed E-state index contributed by atoms with van der Waals surface area (Å²) in [6.07, 6.45) is -0.343. The SMILES string of the molecule is COc1ccc(C(=O)N[C@@H](CC(=O)[O-])c2ccc(Cl)cc2)cc1Br. The van der Waals surface area contributed by atoms with Gasteiger partial charge in [-0.15, -0.1) is 0 Å². The van der Waals surface area contributed by atoms with Crippen LogP contribution in [0.1, 0.15) is 28.4 Å². The largest absolute Gasteiger partial charge is 0.550 e. The van der Waals surface area contributed by atoms with Gasteiger partial charge in [-0.1, -0.05) is 23.7 Å². The summed E-state index contributed by atoms with van der Waals surface area (Å²) in [5.74, 6) is -1.07. The highest BCUT2D eigenvalue weighted by atomic mass is 79.9. The predicted molar refractivity (Wildman–Crippen MR) is 92.0 cm³/mol. The molecule has 0 radical (unpaired) electrons. The van der Waals surface area contributed by atoms with Crippen molar-refractivity contribution >= 4 is 39.4 Å². The lowest BCUT2D eigenvalue weighted by atomic mass is 10.0. The van der Waals surface area contributed by atoms with E-state index in [1.807, 2.05) is 0 Å². The van der Waals surface area contributed by atoms with Crippen LogP contribution < -0.4 is 15.2 Å². The molecule has 2 rings (SSSR count). The summed E-state index contributed by atoms with van der Waals surface area (Å²) in [5.41, 5.74) is 1.00. The Kier molecular flexibility index (Phi) is 6.23. The summed E-state index contributed by atoms with van der Waals surface area (Å²) in [6.45, 7) is 0. The maximum absolute atomic E-state index is 12.4. The number of carbonyl (C=O) groups is 2. The molecule has 0 saturated carbocycles. The zero-order valence-electron chi connectivity index (χ0n) is 12.7. The van der Waals surface area contributed by atoms with Crippen LogP contribution in [0.15, 0.2) is 46.9 Å². The van der Waals surface area contributed by atoms with Crippen molar-refractivity contribution in [1.29, 1.82) is 0 Å². The van der Waals surface area contributed by atoms with Crippen LogP contribution in [0.4, 0.5) is 0 Å². The van der Waals surface area contributed by atoms with Gasteiger partial charge in [0.15, 0.2) is 0 Å². The van der Waals surface area contributed by atoms with Crippen LogP contribution >= 0.6 is 27.5 Å². The average molecular weight is 412 g/mol. The Hall–Kier alpha value is -2.05. The molecule has 0 spiro atoms. The number of carboxylic acids is 1. The van der Waals surface area contributed by atoms with Gasteiger partial charge in [0.25, 0.3) is 5.91 Å². The van der Waals surface area contributed by atoms with Crippen molar-refractivity contribution < 1.29 is 19.4 Å². The number of methoxy groups -OCH3 is 1. The molecule has 0 unspecified atom stereocenters. The third kappa shape index (κ3) is 4.72. The van der Waals surface area contributed by atoms with Gasteiger partial charge in [0, 0.05) is 23.0 Å². The molecular formula is C17H14BrClNO4-. The minimum atomic E-state index is -1.26. The number of nitrogens with one attached hydrogen (secondary N) is 1. The number of carboxylic acid groups (broad SMARTS) is 1. The van der Waals surface area contributed by atoms with E-state index in [0.717, 1.165) is 0 Å². The summed E-state index contributed by atoms with van der Waals surface area (Å²) < 4.78 is 5.74. The lowest BCUT2D eigenvalue weighted by molar-refractivity contribution is -0.306. The molecule has 5 nitrogen and oxygen atoms in total. The van der Waals surface area contributed by atoms with Crippen LogP contribution in [0, 0.1) is 0 Å². The molecule has 1 amide bonds. The quantitative estimate of drug-likeness (QED) is 0.793. The lowest BCUT2D eigenvalue weighted by Gasteiger charge is -2.20. The van der Waals surface area contributed by atoms with Crippen molar-refractivity contribution in [2.24, 2.45) is 0 Å². The van der Waals surface area contributed by atoms with Crippen LogP contribution in [0.3, 0.4) is 0 Å². The maximum Gasteiger partial charge on any atom is 0.251 e. The lowest BCUT2D eigenvalue weighted by Crippen LogP contribution is -2.34. The van der Waals surface area contributed by atoms with E-state index in [1.165, 1.54) is 7.11 Å². The highest BCUT2D eigenvalue weighted by Crippen LogP contribution is 2.26. The van der Waals surface area contributed by atoms with Gasteiger partial charge in [-0.2, -0.15) is 0 Å². The van der Waals surface area contributed by atoms with Crippen molar-refractivity contribution in [3.8, 4) is 5.75 Å². The number of aliphatic carboxylic acids is 1. The molecule has 24 heavy (non-hydrogen) atoms. The maximum atomic E-state index is 12.4. The fraction of sp³-hybridized carbons (Fsp3) is 0.176. The third-order valence-corrected chi connectivity index (χ3v) is 4.23. The highest BCUT2D eigenvalue weighted by molar-refractivity contribution is 9.10. The number of halogens is 2. The van der Waals surface area contributed by atoms with Gasteiger partial charge in [-0.25, -0.2) is 0 Å². The van der Waals surface area contributed by atoms with Gasteiger partial charge in [0.1, 0.15) is 5.75 Å². The topological polar surface area (TPSA) is 78.5 Å². The molecule has 2 aromatic carbocycles. The molecule has 7 heteroatoms. The second-order valence-corrected chi connectivity index (χ2v) is 6.29. The molecule has 1 atom stereocenters. The monoisotopic (exact) mass is 410 g/mol. The van der Waals surface area contributed by atoms with Gasteiger partial charge < -0.3 is 20.0 Å². The normalized spacial score (nSPS) is 11.6. The molecule has 0 bridgehead atoms. The van der Waals surface area contributed by atoms with Crippen molar-refractivity contribution in [3.63, 3.8) is 0 Å². The molecule has 0 aromatic heterocycles. The average Bonchev–Trinajstić information content (AvgIpc) is 2.54. The van der Waals surface area contributed by atoms with Crippen molar-refractivity contribution in [3.05, 3.63) is 63.1 Å². The van der Waals surface area contributed by atoms with Gasteiger partial charge in [0.2, 0.25) is 0 Å². The van der Waals surface area contributed by atoms with Crippen LogP contribution in [-0.4, -0.2) is 19.0 Å². The van der Waals surface area contributed by atoms with E-state index in [-0.39, 0.29) is 6.42 Å². The molecule has 0 heterocycles. The first kappa shape index (κ1) is 18.3. The van der Waals surface area contributed by atoms with Crippen LogP contribution in [0.25, 0.3) is 0 Å². The summed E-state index contributed by atoms with van der Waals surface area (Å²) in [4.78, 5) is 23.4. The van der Waals surface area contributed by atoms with E-state index < -0.39 is 17.9 Å². The summed E-state index contributed by atoms with van der Waals surface area (Å²) in [5, 5.41) is 14.2. The van der Waals surface area contributed by atoms with E-state index in [4.69, 9.17) is 16.3 Å². The molecule has 0 saturated heterocycles. The first-order valence-electron chi connectivity index (χ1n) is 7.00. The van der Waals surface area contributed by atoms with Crippen LogP contribution in [0.2, 0.25) is 5.02 Å².